The van der Waals surface area contributed by atoms with Gasteiger partial charge in [0.2, 0.25) is 0 Å². The number of rotatable bonds is 17. The highest BCUT2D eigenvalue weighted by Gasteiger charge is 2.42. The molecule has 7 heteroatoms. The molecule has 0 bridgehead atoms. The second-order valence-corrected chi connectivity index (χ2v) is 12.0. The van der Waals surface area contributed by atoms with Crippen molar-refractivity contribution in [2.24, 2.45) is 17.8 Å². The van der Waals surface area contributed by atoms with E-state index in [2.05, 4.69) is 38.2 Å². The van der Waals surface area contributed by atoms with E-state index in [1.165, 1.54) is 26.4 Å². The number of allylic oxidation sites excluding steroid dienone is 2. The number of aliphatic hydroxyl groups is 1. The second kappa shape index (κ2) is 19.0. The number of hydrogen-bond donors (Lipinski definition) is 1. The Hall–Kier alpha value is -1.25. The lowest BCUT2D eigenvalue weighted by Gasteiger charge is -2.30. The number of methoxy groups -OCH3 is 1. The first-order chi connectivity index (χ1) is 19.5. The summed E-state index contributed by atoms with van der Waals surface area (Å²) in [5.74, 6) is 0.531. The van der Waals surface area contributed by atoms with Gasteiger partial charge in [-0.25, -0.2) is 0 Å². The van der Waals surface area contributed by atoms with E-state index < -0.39 is 6.10 Å². The van der Waals surface area contributed by atoms with Crippen molar-refractivity contribution in [2.45, 2.75) is 141 Å². The van der Waals surface area contributed by atoms with E-state index >= 15 is 0 Å². The average Bonchev–Trinajstić information content (AvgIpc) is 3.26. The first-order valence-corrected chi connectivity index (χ1v) is 16.1. The lowest BCUT2D eigenvalue weighted by molar-refractivity contribution is -0.193. The summed E-state index contributed by atoms with van der Waals surface area (Å²) in [7, 11) is 1.42. The number of carbonyl (C=O) groups excluding carboxylic acids is 1. The summed E-state index contributed by atoms with van der Waals surface area (Å²) in [6.07, 6.45) is 22.2. The van der Waals surface area contributed by atoms with Crippen molar-refractivity contribution in [3.63, 3.8) is 0 Å². The third-order valence-electron chi connectivity index (χ3n) is 8.61. The van der Waals surface area contributed by atoms with Crippen molar-refractivity contribution in [1.82, 2.24) is 0 Å². The molecular formula is C33H56O7. The topological polar surface area (TPSA) is 83.5 Å². The predicted molar refractivity (Wildman–Crippen MR) is 157 cm³/mol. The standard InChI is InChI=1S/C33H56O7/c1-4-5-14-25(2)23-26(39-32-17-10-12-21-37-32)19-20-28-27(15-8-6-7-9-16-31(35)36-3)29(34)24-30(28)40-33-18-11-13-22-38-33/h6,8,19-20,25-30,32-34H,4-5,7,9-18,21-24H2,1-3H3/b8-6-,20-19+/t25-,26-,27+,28+,29-,30+,32?,33?/m0/s1. The van der Waals surface area contributed by atoms with Crippen LogP contribution in [0.5, 0.6) is 0 Å². The lowest BCUT2D eigenvalue weighted by atomic mass is 9.89. The summed E-state index contributed by atoms with van der Waals surface area (Å²) in [6.45, 7) is 6.07. The highest BCUT2D eigenvalue weighted by atomic mass is 16.7. The average molecular weight is 565 g/mol. The zero-order valence-corrected chi connectivity index (χ0v) is 25.3. The number of ether oxygens (including phenoxy) is 5. The molecule has 230 valence electrons. The number of unbranched alkanes of at least 4 members (excludes halogenated alkanes) is 2. The summed E-state index contributed by atoms with van der Waals surface area (Å²) in [4.78, 5) is 11.4. The van der Waals surface area contributed by atoms with E-state index in [9.17, 15) is 9.90 Å². The van der Waals surface area contributed by atoms with Gasteiger partial charge >= 0.3 is 5.97 Å². The molecular weight excluding hydrogens is 508 g/mol. The van der Waals surface area contributed by atoms with E-state index in [0.29, 0.717) is 18.8 Å². The molecule has 0 aromatic rings. The number of carbonyl (C=O) groups is 1. The smallest absolute Gasteiger partial charge is 0.305 e. The minimum Gasteiger partial charge on any atom is -0.469 e. The van der Waals surface area contributed by atoms with Gasteiger partial charge in [0.05, 0.1) is 25.4 Å². The van der Waals surface area contributed by atoms with Crippen LogP contribution in [0.4, 0.5) is 0 Å². The number of aliphatic hydroxyl groups excluding tert-OH is 1. The summed E-state index contributed by atoms with van der Waals surface area (Å²) >= 11 is 0. The molecule has 0 radical (unpaired) electrons. The molecule has 1 N–H and O–H groups in total. The highest BCUT2D eigenvalue weighted by molar-refractivity contribution is 5.69. The Morgan fingerprint density at radius 3 is 2.48 bits per heavy atom. The van der Waals surface area contributed by atoms with E-state index in [1.807, 2.05) is 0 Å². The van der Waals surface area contributed by atoms with Gasteiger partial charge in [0.1, 0.15) is 0 Å². The van der Waals surface area contributed by atoms with Crippen molar-refractivity contribution in [3.05, 3.63) is 24.3 Å². The van der Waals surface area contributed by atoms with E-state index in [-0.39, 0.29) is 42.6 Å². The molecule has 40 heavy (non-hydrogen) atoms. The van der Waals surface area contributed by atoms with Gasteiger partial charge in [0.15, 0.2) is 12.6 Å². The van der Waals surface area contributed by atoms with Gasteiger partial charge in [-0.2, -0.15) is 0 Å². The molecule has 3 aliphatic rings. The molecule has 0 amide bonds. The van der Waals surface area contributed by atoms with E-state index in [1.54, 1.807) is 0 Å². The van der Waals surface area contributed by atoms with Crippen LogP contribution in [0.15, 0.2) is 24.3 Å². The van der Waals surface area contributed by atoms with Crippen LogP contribution in [0.25, 0.3) is 0 Å². The predicted octanol–water partition coefficient (Wildman–Crippen LogP) is 6.87. The summed E-state index contributed by atoms with van der Waals surface area (Å²) < 4.78 is 29.6. The van der Waals surface area contributed by atoms with Gasteiger partial charge in [-0.05, 0) is 76.0 Å². The molecule has 2 unspecified atom stereocenters. The first-order valence-electron chi connectivity index (χ1n) is 16.1. The molecule has 0 spiro atoms. The second-order valence-electron chi connectivity index (χ2n) is 12.0. The molecule has 0 aromatic carbocycles. The number of esters is 1. The molecule has 2 heterocycles. The molecule has 3 rings (SSSR count). The zero-order valence-electron chi connectivity index (χ0n) is 25.3. The van der Waals surface area contributed by atoms with E-state index in [0.717, 1.165) is 77.4 Å². The largest absolute Gasteiger partial charge is 0.469 e. The Labute approximate surface area is 243 Å². The van der Waals surface area contributed by atoms with Gasteiger partial charge in [-0.1, -0.05) is 57.4 Å². The molecule has 2 saturated heterocycles. The summed E-state index contributed by atoms with van der Waals surface area (Å²) in [5, 5.41) is 11.1. The quantitative estimate of drug-likeness (QED) is 0.117. The van der Waals surface area contributed by atoms with Crippen LogP contribution in [0.3, 0.4) is 0 Å². The van der Waals surface area contributed by atoms with Crippen LogP contribution in [0, 0.1) is 17.8 Å². The third kappa shape index (κ3) is 11.9. The molecule has 7 nitrogen and oxygen atoms in total. The Bertz CT molecular complexity index is 741. The minimum absolute atomic E-state index is 0.0196. The minimum atomic E-state index is -0.438. The van der Waals surface area contributed by atoms with Crippen LogP contribution in [0.1, 0.15) is 110 Å². The fraction of sp³-hybridized carbons (Fsp3) is 0.848. The van der Waals surface area contributed by atoms with Crippen molar-refractivity contribution >= 4 is 5.97 Å². The molecule has 1 saturated carbocycles. The maximum absolute atomic E-state index is 11.4. The van der Waals surface area contributed by atoms with Crippen LogP contribution >= 0.6 is 0 Å². The van der Waals surface area contributed by atoms with Crippen molar-refractivity contribution < 1.29 is 33.6 Å². The van der Waals surface area contributed by atoms with Gasteiger partial charge in [0.25, 0.3) is 0 Å². The zero-order chi connectivity index (χ0) is 28.6. The highest BCUT2D eigenvalue weighted by Crippen LogP contribution is 2.40. The van der Waals surface area contributed by atoms with Crippen LogP contribution in [0.2, 0.25) is 0 Å². The van der Waals surface area contributed by atoms with Gasteiger partial charge in [-0.3, -0.25) is 4.79 Å². The maximum Gasteiger partial charge on any atom is 0.305 e. The van der Waals surface area contributed by atoms with Crippen LogP contribution < -0.4 is 0 Å². The third-order valence-corrected chi connectivity index (χ3v) is 8.61. The van der Waals surface area contributed by atoms with Crippen molar-refractivity contribution in [3.8, 4) is 0 Å². The molecule has 0 aromatic heterocycles. The van der Waals surface area contributed by atoms with E-state index in [4.69, 9.17) is 23.7 Å². The summed E-state index contributed by atoms with van der Waals surface area (Å²) in [6, 6.07) is 0. The first kappa shape index (κ1) is 33.3. The lowest BCUT2D eigenvalue weighted by Crippen LogP contribution is -2.31. The van der Waals surface area contributed by atoms with Gasteiger partial charge in [-0.15, -0.1) is 0 Å². The Morgan fingerprint density at radius 1 is 1.05 bits per heavy atom. The SMILES string of the molecule is CCCC[C@H](C)C[C@H](/C=C/[C@@H]1[C@@H](C/C=C\CCCC(=O)OC)[C@@H](O)C[C@H]1OC1CCCCO1)OC1CCCCO1. The Balaban J connectivity index is 1.69. The van der Waals surface area contributed by atoms with Gasteiger partial charge in [0, 0.05) is 32.0 Å². The molecule has 3 fully saturated rings. The van der Waals surface area contributed by atoms with Crippen LogP contribution in [-0.2, 0) is 28.5 Å². The normalized spacial score (nSPS) is 31.1. The molecule has 1 aliphatic carbocycles. The molecule has 8 atom stereocenters. The van der Waals surface area contributed by atoms with Gasteiger partial charge < -0.3 is 28.8 Å². The Morgan fingerprint density at radius 2 is 1.80 bits per heavy atom. The summed E-state index contributed by atoms with van der Waals surface area (Å²) in [5.41, 5.74) is 0. The van der Waals surface area contributed by atoms with Crippen molar-refractivity contribution in [2.75, 3.05) is 20.3 Å². The number of hydrogen-bond acceptors (Lipinski definition) is 7. The molecule has 2 aliphatic heterocycles. The van der Waals surface area contributed by atoms with Crippen molar-refractivity contribution in [1.29, 1.82) is 0 Å². The Kier molecular flexibility index (Phi) is 15.8. The van der Waals surface area contributed by atoms with Crippen LogP contribution in [-0.4, -0.2) is 62.3 Å². The maximum atomic E-state index is 11.4. The fourth-order valence-corrected chi connectivity index (χ4v) is 6.19. The monoisotopic (exact) mass is 564 g/mol. The fourth-order valence-electron chi connectivity index (χ4n) is 6.19.